The highest BCUT2D eigenvalue weighted by Crippen LogP contribution is 2.37. The van der Waals surface area contributed by atoms with Crippen molar-refractivity contribution >= 4 is 17.7 Å². The molecule has 5 heteroatoms. The molecular formula is C14H18FNO2S. The lowest BCUT2D eigenvalue weighted by molar-refractivity contribution is -0.140. The Morgan fingerprint density at radius 3 is 3.21 bits per heavy atom. The van der Waals surface area contributed by atoms with E-state index < -0.39 is 0 Å². The maximum absolute atomic E-state index is 13.7. The van der Waals surface area contributed by atoms with Crippen LogP contribution in [-0.4, -0.2) is 25.4 Å². The number of benzene rings is 1. The Labute approximate surface area is 116 Å². The van der Waals surface area contributed by atoms with Crippen LogP contribution in [0, 0.1) is 5.82 Å². The van der Waals surface area contributed by atoms with Gasteiger partial charge in [0.1, 0.15) is 5.82 Å². The van der Waals surface area contributed by atoms with Crippen LogP contribution in [0.1, 0.15) is 30.9 Å². The largest absolute Gasteiger partial charge is 0.469 e. The lowest BCUT2D eigenvalue weighted by atomic mass is 10.0. The third-order valence-electron chi connectivity index (χ3n) is 3.20. The summed E-state index contributed by atoms with van der Waals surface area (Å²) in [6, 6.07) is 5.42. The van der Waals surface area contributed by atoms with Gasteiger partial charge in [0.15, 0.2) is 0 Å². The molecule has 0 fully saturated rings. The first-order valence-corrected chi connectivity index (χ1v) is 7.42. The summed E-state index contributed by atoms with van der Waals surface area (Å²) in [5.41, 5.74) is 1.04. The van der Waals surface area contributed by atoms with E-state index in [1.807, 2.05) is 6.07 Å². The van der Waals surface area contributed by atoms with Crippen LogP contribution >= 0.6 is 11.8 Å². The minimum Gasteiger partial charge on any atom is -0.469 e. The molecule has 1 aliphatic heterocycles. The predicted octanol–water partition coefficient (Wildman–Crippen LogP) is 2.91. The number of rotatable bonds is 5. The van der Waals surface area contributed by atoms with E-state index in [0.717, 1.165) is 35.6 Å². The Kier molecular flexibility index (Phi) is 5.22. The van der Waals surface area contributed by atoms with Crippen molar-refractivity contribution < 1.29 is 13.9 Å². The van der Waals surface area contributed by atoms with Crippen LogP contribution in [0.4, 0.5) is 4.39 Å². The van der Waals surface area contributed by atoms with E-state index >= 15 is 0 Å². The zero-order valence-corrected chi connectivity index (χ0v) is 11.8. The standard InChI is InChI=1S/C14H18FNO2S/c1-18-13(17)6-3-8-16-12-7-9-19-14-10(12)4-2-5-11(14)15/h2,4-5,12,16H,3,6-9H2,1H3. The van der Waals surface area contributed by atoms with Crippen molar-refractivity contribution in [2.75, 3.05) is 19.4 Å². The van der Waals surface area contributed by atoms with E-state index in [1.165, 1.54) is 13.2 Å². The number of carbonyl (C=O) groups excluding carboxylic acids is 1. The second kappa shape index (κ2) is 6.91. The zero-order valence-electron chi connectivity index (χ0n) is 10.9. The van der Waals surface area contributed by atoms with Gasteiger partial charge in [-0.3, -0.25) is 4.79 Å². The van der Waals surface area contributed by atoms with Crippen molar-refractivity contribution in [3.8, 4) is 0 Å². The normalized spacial score (nSPS) is 17.9. The number of fused-ring (bicyclic) bond motifs is 1. The molecule has 0 spiro atoms. The van der Waals surface area contributed by atoms with Crippen molar-refractivity contribution in [2.24, 2.45) is 0 Å². The Morgan fingerprint density at radius 1 is 1.58 bits per heavy atom. The Morgan fingerprint density at radius 2 is 2.42 bits per heavy atom. The average Bonchev–Trinajstić information content (AvgIpc) is 2.44. The maximum Gasteiger partial charge on any atom is 0.305 e. The maximum atomic E-state index is 13.7. The summed E-state index contributed by atoms with van der Waals surface area (Å²) in [6.45, 7) is 0.736. The van der Waals surface area contributed by atoms with Crippen molar-refractivity contribution in [1.29, 1.82) is 0 Å². The molecule has 2 rings (SSSR count). The fraction of sp³-hybridized carbons (Fsp3) is 0.500. The molecule has 0 amide bonds. The highest BCUT2D eigenvalue weighted by molar-refractivity contribution is 7.99. The van der Waals surface area contributed by atoms with Gasteiger partial charge in [-0.2, -0.15) is 0 Å². The summed E-state index contributed by atoms with van der Waals surface area (Å²) in [4.78, 5) is 11.8. The Balaban J connectivity index is 1.89. The summed E-state index contributed by atoms with van der Waals surface area (Å²) in [5, 5.41) is 3.40. The summed E-state index contributed by atoms with van der Waals surface area (Å²) < 4.78 is 18.3. The van der Waals surface area contributed by atoms with Gasteiger partial charge < -0.3 is 10.1 Å². The lowest BCUT2D eigenvalue weighted by Crippen LogP contribution is -2.26. The van der Waals surface area contributed by atoms with Gasteiger partial charge in [0.2, 0.25) is 0 Å². The van der Waals surface area contributed by atoms with E-state index in [2.05, 4.69) is 10.1 Å². The van der Waals surface area contributed by atoms with Crippen LogP contribution in [0.5, 0.6) is 0 Å². The third-order valence-corrected chi connectivity index (χ3v) is 4.36. The van der Waals surface area contributed by atoms with Gasteiger partial charge in [-0.15, -0.1) is 11.8 Å². The highest BCUT2D eigenvalue weighted by Gasteiger charge is 2.22. The molecule has 0 saturated carbocycles. The molecule has 1 heterocycles. The molecule has 0 saturated heterocycles. The molecule has 1 aromatic rings. The number of halogens is 1. The molecule has 1 N–H and O–H groups in total. The summed E-state index contributed by atoms with van der Waals surface area (Å²) >= 11 is 1.58. The number of hydrogen-bond donors (Lipinski definition) is 1. The number of thioether (sulfide) groups is 1. The van der Waals surface area contributed by atoms with E-state index in [0.29, 0.717) is 6.42 Å². The summed E-state index contributed by atoms with van der Waals surface area (Å²) in [6.07, 6.45) is 2.14. The second-order valence-electron chi connectivity index (χ2n) is 4.48. The lowest BCUT2D eigenvalue weighted by Gasteiger charge is -2.26. The Hall–Kier alpha value is -1.07. The quantitative estimate of drug-likeness (QED) is 0.666. The van der Waals surface area contributed by atoms with Crippen LogP contribution in [-0.2, 0) is 9.53 Å². The molecule has 1 aromatic carbocycles. The van der Waals surface area contributed by atoms with E-state index in [1.54, 1.807) is 17.8 Å². The molecule has 1 unspecified atom stereocenters. The number of nitrogens with one attached hydrogen (secondary N) is 1. The number of methoxy groups -OCH3 is 1. The van der Waals surface area contributed by atoms with Crippen LogP contribution in [0.25, 0.3) is 0 Å². The fourth-order valence-electron chi connectivity index (χ4n) is 2.21. The van der Waals surface area contributed by atoms with Crippen molar-refractivity contribution in [3.63, 3.8) is 0 Å². The van der Waals surface area contributed by atoms with Gasteiger partial charge in [0.05, 0.1) is 7.11 Å². The highest BCUT2D eigenvalue weighted by atomic mass is 32.2. The molecule has 1 aliphatic rings. The van der Waals surface area contributed by atoms with Gasteiger partial charge in [0, 0.05) is 17.4 Å². The minimum absolute atomic E-state index is 0.136. The van der Waals surface area contributed by atoms with Crippen molar-refractivity contribution in [1.82, 2.24) is 5.32 Å². The molecule has 0 bridgehead atoms. The van der Waals surface area contributed by atoms with Gasteiger partial charge in [0.25, 0.3) is 0 Å². The van der Waals surface area contributed by atoms with Crippen LogP contribution < -0.4 is 5.32 Å². The first-order valence-electron chi connectivity index (χ1n) is 6.44. The molecule has 19 heavy (non-hydrogen) atoms. The molecule has 0 aromatic heterocycles. The summed E-state index contributed by atoms with van der Waals surface area (Å²) in [5.74, 6) is 0.596. The van der Waals surface area contributed by atoms with Crippen LogP contribution in [0.15, 0.2) is 23.1 Å². The van der Waals surface area contributed by atoms with E-state index in [-0.39, 0.29) is 17.8 Å². The average molecular weight is 283 g/mol. The summed E-state index contributed by atoms with van der Waals surface area (Å²) in [7, 11) is 1.40. The number of carbonyl (C=O) groups is 1. The van der Waals surface area contributed by atoms with Crippen LogP contribution in [0.3, 0.4) is 0 Å². The SMILES string of the molecule is COC(=O)CCCNC1CCSc2c(F)cccc21. The third kappa shape index (κ3) is 3.70. The number of ether oxygens (including phenoxy) is 1. The number of hydrogen-bond acceptors (Lipinski definition) is 4. The Bertz CT molecular complexity index is 453. The van der Waals surface area contributed by atoms with Gasteiger partial charge in [-0.1, -0.05) is 12.1 Å². The number of esters is 1. The zero-order chi connectivity index (χ0) is 13.7. The topological polar surface area (TPSA) is 38.3 Å². The first-order chi connectivity index (χ1) is 9.22. The van der Waals surface area contributed by atoms with Crippen molar-refractivity contribution in [2.45, 2.75) is 30.2 Å². The van der Waals surface area contributed by atoms with Gasteiger partial charge in [-0.05, 0) is 36.8 Å². The monoisotopic (exact) mass is 283 g/mol. The smallest absolute Gasteiger partial charge is 0.305 e. The van der Waals surface area contributed by atoms with E-state index in [9.17, 15) is 9.18 Å². The van der Waals surface area contributed by atoms with Crippen molar-refractivity contribution in [3.05, 3.63) is 29.6 Å². The van der Waals surface area contributed by atoms with E-state index in [4.69, 9.17) is 0 Å². The molecule has 0 aliphatic carbocycles. The molecule has 104 valence electrons. The van der Waals surface area contributed by atoms with Gasteiger partial charge in [-0.25, -0.2) is 4.39 Å². The fourth-order valence-corrected chi connectivity index (χ4v) is 3.35. The predicted molar refractivity (Wildman–Crippen MR) is 73.7 cm³/mol. The van der Waals surface area contributed by atoms with Crippen LogP contribution in [0.2, 0.25) is 0 Å². The molecule has 1 atom stereocenters. The first kappa shape index (κ1) is 14.3. The second-order valence-corrected chi connectivity index (χ2v) is 5.59. The van der Waals surface area contributed by atoms with Gasteiger partial charge >= 0.3 is 5.97 Å². The molecular weight excluding hydrogens is 265 g/mol. The molecule has 3 nitrogen and oxygen atoms in total. The minimum atomic E-state index is -0.188. The molecule has 0 radical (unpaired) electrons.